The number of carbonyl (C=O) groups is 1. The average molecular weight is 338 g/mol. The number of rotatable bonds is 5. The normalized spacial score (nSPS) is 16.9. The van der Waals surface area contributed by atoms with Crippen LogP contribution >= 0.6 is 0 Å². The van der Waals surface area contributed by atoms with Crippen molar-refractivity contribution >= 4 is 16.9 Å². The van der Waals surface area contributed by atoms with Crippen LogP contribution in [0.3, 0.4) is 0 Å². The Morgan fingerprint density at radius 3 is 3.12 bits per heavy atom. The number of nitrogens with zero attached hydrogens (tertiary/aromatic N) is 2. The Kier molecular flexibility index (Phi) is 4.30. The van der Waals surface area contributed by atoms with E-state index in [1.807, 2.05) is 24.3 Å². The molecule has 25 heavy (non-hydrogen) atoms. The molecule has 1 aliphatic rings. The van der Waals surface area contributed by atoms with Crippen molar-refractivity contribution in [1.82, 2.24) is 20.3 Å². The first-order chi connectivity index (χ1) is 12.3. The number of hydrogen-bond donors (Lipinski definition) is 2. The molecular weight excluding hydrogens is 320 g/mol. The predicted octanol–water partition coefficient (Wildman–Crippen LogP) is 2.06. The van der Waals surface area contributed by atoms with Crippen LogP contribution in [0.25, 0.3) is 11.0 Å². The number of amides is 1. The van der Waals surface area contributed by atoms with Gasteiger partial charge in [-0.1, -0.05) is 12.1 Å². The summed E-state index contributed by atoms with van der Waals surface area (Å²) in [5.74, 6) is 0.949. The molecule has 0 bridgehead atoms. The summed E-state index contributed by atoms with van der Waals surface area (Å²) in [6.45, 7) is 1.58. The van der Waals surface area contributed by atoms with Gasteiger partial charge in [-0.05, 0) is 18.2 Å². The Balaban J connectivity index is 1.40. The van der Waals surface area contributed by atoms with Gasteiger partial charge in [0.1, 0.15) is 11.9 Å². The molecule has 7 nitrogen and oxygen atoms in total. The van der Waals surface area contributed by atoms with Crippen LogP contribution in [0.1, 0.15) is 22.6 Å². The van der Waals surface area contributed by atoms with Gasteiger partial charge in [-0.3, -0.25) is 4.79 Å². The highest BCUT2D eigenvalue weighted by atomic mass is 16.5. The molecule has 1 aliphatic heterocycles. The summed E-state index contributed by atoms with van der Waals surface area (Å²) < 4.78 is 11.0. The minimum absolute atomic E-state index is 0.00126. The van der Waals surface area contributed by atoms with E-state index in [4.69, 9.17) is 9.47 Å². The van der Waals surface area contributed by atoms with E-state index < -0.39 is 0 Å². The maximum Gasteiger partial charge on any atom is 0.251 e. The van der Waals surface area contributed by atoms with E-state index in [-0.39, 0.29) is 12.0 Å². The third-order valence-electron chi connectivity index (χ3n) is 4.03. The fourth-order valence-corrected chi connectivity index (χ4v) is 2.75. The quantitative estimate of drug-likeness (QED) is 0.743. The van der Waals surface area contributed by atoms with Crippen LogP contribution in [0.4, 0.5) is 0 Å². The molecule has 0 spiro atoms. The fourth-order valence-electron chi connectivity index (χ4n) is 2.75. The highest BCUT2D eigenvalue weighted by molar-refractivity contribution is 5.94. The van der Waals surface area contributed by atoms with Crippen LogP contribution in [0.5, 0.6) is 5.88 Å². The Bertz CT molecular complexity index is 854. The van der Waals surface area contributed by atoms with E-state index in [1.54, 1.807) is 18.3 Å². The zero-order valence-corrected chi connectivity index (χ0v) is 13.6. The molecule has 128 valence electrons. The molecule has 3 heterocycles. The van der Waals surface area contributed by atoms with Crippen molar-refractivity contribution < 1.29 is 14.3 Å². The summed E-state index contributed by atoms with van der Waals surface area (Å²) in [7, 11) is 0. The summed E-state index contributed by atoms with van der Waals surface area (Å²) in [6.07, 6.45) is 2.41. The lowest BCUT2D eigenvalue weighted by Gasteiger charge is -2.11. The highest BCUT2D eigenvalue weighted by Gasteiger charge is 2.18. The molecule has 2 N–H and O–H groups in total. The van der Waals surface area contributed by atoms with Gasteiger partial charge < -0.3 is 19.8 Å². The average Bonchev–Trinajstić information content (AvgIpc) is 3.29. The van der Waals surface area contributed by atoms with Crippen LogP contribution in [-0.4, -0.2) is 40.2 Å². The lowest BCUT2D eigenvalue weighted by atomic mass is 10.2. The second-order valence-corrected chi connectivity index (χ2v) is 5.87. The summed E-state index contributed by atoms with van der Waals surface area (Å²) >= 11 is 0. The zero-order valence-electron chi connectivity index (χ0n) is 13.6. The fraction of sp³-hybridized carbons (Fsp3) is 0.278. The van der Waals surface area contributed by atoms with Crippen molar-refractivity contribution in [1.29, 1.82) is 0 Å². The number of imidazole rings is 1. The molecule has 0 aliphatic carbocycles. The Morgan fingerprint density at radius 2 is 2.28 bits per heavy atom. The predicted molar refractivity (Wildman–Crippen MR) is 91.4 cm³/mol. The van der Waals surface area contributed by atoms with Crippen molar-refractivity contribution in [2.75, 3.05) is 13.2 Å². The molecule has 0 saturated carbocycles. The Hall–Kier alpha value is -2.93. The number of hydrogen-bond acceptors (Lipinski definition) is 5. The number of aromatic amines is 1. The van der Waals surface area contributed by atoms with Gasteiger partial charge in [0.2, 0.25) is 5.88 Å². The second-order valence-electron chi connectivity index (χ2n) is 5.87. The molecule has 0 unspecified atom stereocenters. The number of aromatic nitrogens is 3. The topological polar surface area (TPSA) is 89.1 Å². The third kappa shape index (κ3) is 3.61. The molecular formula is C18H18N4O3. The van der Waals surface area contributed by atoms with Gasteiger partial charge in [-0.2, -0.15) is 0 Å². The molecule has 1 amide bonds. The smallest absolute Gasteiger partial charge is 0.251 e. The van der Waals surface area contributed by atoms with Gasteiger partial charge in [-0.15, -0.1) is 0 Å². The number of para-hydroxylation sites is 2. The minimum atomic E-state index is -0.199. The standard InChI is InChI=1S/C18H18N4O3/c23-18(20-10-16-21-14-3-1-2-4-15(14)22-16)12-5-7-19-17(9-12)25-13-6-8-24-11-13/h1-5,7,9,13H,6,8,10-11H2,(H,20,23)(H,21,22)/t13-/m0/s1. The first-order valence-electron chi connectivity index (χ1n) is 8.20. The molecule has 1 saturated heterocycles. The van der Waals surface area contributed by atoms with Gasteiger partial charge >= 0.3 is 0 Å². The summed E-state index contributed by atoms with van der Waals surface area (Å²) in [4.78, 5) is 24.1. The molecule has 4 rings (SSSR count). The molecule has 1 aromatic carbocycles. The van der Waals surface area contributed by atoms with Crippen LogP contribution in [0.15, 0.2) is 42.6 Å². The van der Waals surface area contributed by atoms with Crippen molar-refractivity contribution in [3.63, 3.8) is 0 Å². The van der Waals surface area contributed by atoms with Gasteiger partial charge in [0.05, 0.1) is 30.8 Å². The van der Waals surface area contributed by atoms with Crippen molar-refractivity contribution in [3.05, 3.63) is 54.0 Å². The van der Waals surface area contributed by atoms with E-state index >= 15 is 0 Å². The monoisotopic (exact) mass is 338 g/mol. The molecule has 7 heteroatoms. The van der Waals surface area contributed by atoms with Gasteiger partial charge in [0, 0.05) is 24.2 Å². The summed E-state index contributed by atoms with van der Waals surface area (Å²) in [5.41, 5.74) is 2.33. The third-order valence-corrected chi connectivity index (χ3v) is 4.03. The van der Waals surface area contributed by atoms with Crippen molar-refractivity contribution in [2.45, 2.75) is 19.1 Å². The Morgan fingerprint density at radius 1 is 1.36 bits per heavy atom. The second kappa shape index (κ2) is 6.90. The van der Waals surface area contributed by atoms with Crippen LogP contribution in [-0.2, 0) is 11.3 Å². The van der Waals surface area contributed by atoms with E-state index in [2.05, 4.69) is 20.3 Å². The van der Waals surface area contributed by atoms with Crippen LogP contribution < -0.4 is 10.1 Å². The zero-order chi connectivity index (χ0) is 17.1. The van der Waals surface area contributed by atoms with Crippen molar-refractivity contribution in [2.24, 2.45) is 0 Å². The van der Waals surface area contributed by atoms with E-state index in [9.17, 15) is 4.79 Å². The maximum absolute atomic E-state index is 12.4. The molecule has 1 fully saturated rings. The number of benzene rings is 1. The van der Waals surface area contributed by atoms with Gasteiger partial charge in [0.15, 0.2) is 0 Å². The molecule has 1 atom stereocenters. The van der Waals surface area contributed by atoms with Gasteiger partial charge in [0.25, 0.3) is 5.91 Å². The highest BCUT2D eigenvalue weighted by Crippen LogP contribution is 2.16. The van der Waals surface area contributed by atoms with Crippen LogP contribution in [0, 0.1) is 0 Å². The number of fused-ring (bicyclic) bond motifs is 1. The van der Waals surface area contributed by atoms with Gasteiger partial charge in [-0.25, -0.2) is 9.97 Å². The van der Waals surface area contributed by atoms with Crippen LogP contribution in [0.2, 0.25) is 0 Å². The maximum atomic E-state index is 12.4. The SMILES string of the molecule is O=C(NCc1nc2ccccc2[nH]1)c1ccnc(O[C@H]2CCOC2)c1. The minimum Gasteiger partial charge on any atom is -0.472 e. The largest absolute Gasteiger partial charge is 0.472 e. The lowest BCUT2D eigenvalue weighted by Crippen LogP contribution is -2.24. The first kappa shape index (κ1) is 15.6. The van der Waals surface area contributed by atoms with E-state index in [0.717, 1.165) is 17.5 Å². The lowest BCUT2D eigenvalue weighted by molar-refractivity contribution is 0.0948. The number of H-pyrrole nitrogens is 1. The first-order valence-corrected chi connectivity index (χ1v) is 8.20. The van der Waals surface area contributed by atoms with Crippen molar-refractivity contribution in [3.8, 4) is 5.88 Å². The number of carbonyl (C=O) groups excluding carboxylic acids is 1. The molecule has 3 aromatic rings. The Labute approximate surface area is 144 Å². The van der Waals surface area contributed by atoms with E-state index in [0.29, 0.717) is 37.0 Å². The molecule has 2 aromatic heterocycles. The molecule has 0 radical (unpaired) electrons. The number of ether oxygens (including phenoxy) is 2. The number of pyridine rings is 1. The summed E-state index contributed by atoms with van der Waals surface area (Å²) in [5, 5.41) is 2.86. The number of nitrogens with one attached hydrogen (secondary N) is 2. The van der Waals surface area contributed by atoms with E-state index in [1.165, 1.54) is 0 Å². The summed E-state index contributed by atoms with van der Waals surface area (Å²) in [6, 6.07) is 11.1.